The SMILES string of the molecule is Cc1nn(C)c(CN2C[C@@H](C)[C@H](C(=O)O)C2)c1Br. The van der Waals surface area contributed by atoms with E-state index in [1.165, 1.54) is 0 Å². The van der Waals surface area contributed by atoms with Crippen molar-refractivity contribution in [3.05, 3.63) is 15.9 Å². The lowest BCUT2D eigenvalue weighted by molar-refractivity contribution is -0.142. The minimum atomic E-state index is -0.690. The second-order valence-electron chi connectivity index (χ2n) is 5.09. The van der Waals surface area contributed by atoms with Crippen molar-refractivity contribution in [2.75, 3.05) is 13.1 Å². The van der Waals surface area contributed by atoms with Gasteiger partial charge >= 0.3 is 5.97 Å². The number of nitrogens with zero attached hydrogens (tertiary/aromatic N) is 3. The summed E-state index contributed by atoms with van der Waals surface area (Å²) in [5, 5.41) is 13.5. The maximum Gasteiger partial charge on any atom is 0.308 e. The summed E-state index contributed by atoms with van der Waals surface area (Å²) in [6.07, 6.45) is 0. The zero-order valence-electron chi connectivity index (χ0n) is 10.9. The maximum absolute atomic E-state index is 11.1. The van der Waals surface area contributed by atoms with E-state index >= 15 is 0 Å². The fourth-order valence-electron chi connectivity index (χ4n) is 2.58. The molecule has 0 bridgehead atoms. The molecule has 1 aliphatic heterocycles. The largest absolute Gasteiger partial charge is 0.481 e. The van der Waals surface area contributed by atoms with Crippen LogP contribution in [-0.2, 0) is 18.4 Å². The van der Waals surface area contributed by atoms with Crippen LogP contribution in [0.15, 0.2) is 4.47 Å². The van der Waals surface area contributed by atoms with Gasteiger partial charge in [-0.1, -0.05) is 6.92 Å². The molecule has 0 saturated carbocycles. The Hall–Kier alpha value is -0.880. The van der Waals surface area contributed by atoms with E-state index in [4.69, 9.17) is 5.11 Å². The molecule has 100 valence electrons. The van der Waals surface area contributed by atoms with Gasteiger partial charge in [0, 0.05) is 26.7 Å². The molecule has 5 nitrogen and oxygen atoms in total. The summed E-state index contributed by atoms with van der Waals surface area (Å²) in [6.45, 7) is 6.15. The number of aryl methyl sites for hydroxylation is 2. The monoisotopic (exact) mass is 315 g/mol. The van der Waals surface area contributed by atoms with E-state index in [1.54, 1.807) is 0 Å². The van der Waals surface area contributed by atoms with Crippen LogP contribution in [0.4, 0.5) is 0 Å². The first-order valence-corrected chi connectivity index (χ1v) is 6.82. The van der Waals surface area contributed by atoms with E-state index in [2.05, 4.69) is 25.9 Å². The maximum atomic E-state index is 11.1. The highest BCUT2D eigenvalue weighted by molar-refractivity contribution is 9.10. The normalized spacial score (nSPS) is 24.7. The van der Waals surface area contributed by atoms with Crippen LogP contribution in [0.2, 0.25) is 0 Å². The van der Waals surface area contributed by atoms with Gasteiger partial charge in [0.25, 0.3) is 0 Å². The second-order valence-corrected chi connectivity index (χ2v) is 5.88. The first-order chi connectivity index (χ1) is 8.40. The van der Waals surface area contributed by atoms with Gasteiger partial charge in [-0.3, -0.25) is 14.4 Å². The van der Waals surface area contributed by atoms with Crippen molar-refractivity contribution in [2.24, 2.45) is 18.9 Å². The van der Waals surface area contributed by atoms with Gasteiger partial charge in [0.2, 0.25) is 0 Å². The number of aliphatic carboxylic acids is 1. The van der Waals surface area contributed by atoms with Crippen molar-refractivity contribution in [3.8, 4) is 0 Å². The summed E-state index contributed by atoms with van der Waals surface area (Å²) in [4.78, 5) is 13.3. The molecule has 1 aromatic heterocycles. The molecular formula is C12H18BrN3O2. The van der Waals surface area contributed by atoms with Gasteiger partial charge in [-0.25, -0.2) is 0 Å². The van der Waals surface area contributed by atoms with E-state index < -0.39 is 5.97 Å². The summed E-state index contributed by atoms with van der Waals surface area (Å²) in [7, 11) is 1.92. The van der Waals surface area contributed by atoms with Gasteiger partial charge in [-0.2, -0.15) is 5.10 Å². The Balaban J connectivity index is 2.10. The van der Waals surface area contributed by atoms with Crippen molar-refractivity contribution in [2.45, 2.75) is 20.4 Å². The highest BCUT2D eigenvalue weighted by Gasteiger charge is 2.35. The first-order valence-electron chi connectivity index (χ1n) is 6.03. The standard InChI is InChI=1S/C12H18BrN3O2/c1-7-4-16(5-9(7)12(17)18)6-10-11(13)8(2)14-15(10)3/h7,9H,4-6H2,1-3H3,(H,17,18)/t7-,9-/m1/s1. The van der Waals surface area contributed by atoms with Crippen LogP contribution in [0.3, 0.4) is 0 Å². The number of carbonyl (C=O) groups is 1. The molecular weight excluding hydrogens is 298 g/mol. The summed E-state index contributed by atoms with van der Waals surface area (Å²) in [5.74, 6) is -0.737. The van der Waals surface area contributed by atoms with E-state index in [9.17, 15) is 4.79 Å². The number of carboxylic acid groups (broad SMARTS) is 1. The minimum absolute atomic E-state index is 0.204. The van der Waals surface area contributed by atoms with Crippen molar-refractivity contribution in [1.29, 1.82) is 0 Å². The Morgan fingerprint density at radius 3 is 2.67 bits per heavy atom. The van der Waals surface area contributed by atoms with Crippen molar-refractivity contribution >= 4 is 21.9 Å². The molecule has 0 amide bonds. The molecule has 2 atom stereocenters. The van der Waals surface area contributed by atoms with E-state index in [0.29, 0.717) is 6.54 Å². The minimum Gasteiger partial charge on any atom is -0.481 e. The lowest BCUT2D eigenvalue weighted by Gasteiger charge is -2.15. The average Bonchev–Trinajstić information content (AvgIpc) is 2.75. The predicted molar refractivity (Wildman–Crippen MR) is 71.2 cm³/mol. The third-order valence-electron chi connectivity index (χ3n) is 3.64. The Kier molecular flexibility index (Phi) is 3.77. The topological polar surface area (TPSA) is 58.4 Å². The molecule has 1 saturated heterocycles. The van der Waals surface area contributed by atoms with Gasteiger partial charge in [-0.15, -0.1) is 0 Å². The van der Waals surface area contributed by atoms with E-state index in [0.717, 1.165) is 29.0 Å². The summed E-state index contributed by atoms with van der Waals surface area (Å²) < 4.78 is 2.88. The third-order valence-corrected chi connectivity index (χ3v) is 4.67. The van der Waals surface area contributed by atoms with Crippen LogP contribution >= 0.6 is 15.9 Å². The van der Waals surface area contributed by atoms with Gasteiger partial charge in [0.15, 0.2) is 0 Å². The molecule has 2 rings (SSSR count). The molecule has 0 aromatic carbocycles. The highest BCUT2D eigenvalue weighted by atomic mass is 79.9. The molecule has 0 aliphatic carbocycles. The summed E-state index contributed by atoms with van der Waals surface area (Å²) in [5.41, 5.74) is 2.07. The molecule has 0 unspecified atom stereocenters. The second kappa shape index (κ2) is 5.01. The van der Waals surface area contributed by atoms with Gasteiger partial charge in [0.05, 0.1) is 21.8 Å². The lowest BCUT2D eigenvalue weighted by Crippen LogP contribution is -2.24. The summed E-state index contributed by atoms with van der Waals surface area (Å²) in [6, 6.07) is 0. The van der Waals surface area contributed by atoms with Crippen LogP contribution in [0.5, 0.6) is 0 Å². The molecule has 0 spiro atoms. The summed E-state index contributed by atoms with van der Waals surface area (Å²) >= 11 is 3.54. The van der Waals surface area contributed by atoms with Gasteiger partial charge in [-0.05, 0) is 28.8 Å². The smallest absolute Gasteiger partial charge is 0.308 e. The molecule has 1 N–H and O–H groups in total. The average molecular weight is 316 g/mol. The number of carboxylic acids is 1. The fraction of sp³-hybridized carbons (Fsp3) is 0.667. The van der Waals surface area contributed by atoms with Crippen LogP contribution in [0.25, 0.3) is 0 Å². The Morgan fingerprint density at radius 1 is 1.56 bits per heavy atom. The fourth-order valence-corrected chi connectivity index (χ4v) is 3.04. The molecule has 1 aromatic rings. The quantitative estimate of drug-likeness (QED) is 0.921. The number of rotatable bonds is 3. The number of hydrogen-bond donors (Lipinski definition) is 1. The number of halogens is 1. The Bertz CT molecular complexity index is 472. The van der Waals surface area contributed by atoms with Crippen molar-refractivity contribution in [3.63, 3.8) is 0 Å². The number of likely N-dealkylation sites (tertiary alicyclic amines) is 1. The van der Waals surface area contributed by atoms with E-state index in [-0.39, 0.29) is 11.8 Å². The van der Waals surface area contributed by atoms with Gasteiger partial charge in [0.1, 0.15) is 0 Å². The van der Waals surface area contributed by atoms with Crippen LogP contribution < -0.4 is 0 Å². The third kappa shape index (κ3) is 2.44. The molecule has 0 radical (unpaired) electrons. The zero-order chi connectivity index (χ0) is 13.4. The molecule has 1 aliphatic rings. The van der Waals surface area contributed by atoms with Crippen LogP contribution in [0, 0.1) is 18.8 Å². The lowest BCUT2D eigenvalue weighted by atomic mass is 9.99. The molecule has 2 heterocycles. The van der Waals surface area contributed by atoms with Crippen molar-refractivity contribution < 1.29 is 9.90 Å². The molecule has 1 fully saturated rings. The zero-order valence-corrected chi connectivity index (χ0v) is 12.4. The predicted octanol–water partition coefficient (Wildman–Crippen LogP) is 1.64. The molecule has 6 heteroatoms. The molecule has 18 heavy (non-hydrogen) atoms. The van der Waals surface area contributed by atoms with Gasteiger partial charge < -0.3 is 5.11 Å². The number of hydrogen-bond acceptors (Lipinski definition) is 3. The van der Waals surface area contributed by atoms with Crippen LogP contribution in [-0.4, -0.2) is 38.8 Å². The van der Waals surface area contributed by atoms with E-state index in [1.807, 2.05) is 25.6 Å². The first kappa shape index (κ1) is 13.5. The Labute approximate surface area is 115 Å². The Morgan fingerprint density at radius 2 is 2.22 bits per heavy atom. The highest BCUT2D eigenvalue weighted by Crippen LogP contribution is 2.27. The number of aromatic nitrogens is 2. The van der Waals surface area contributed by atoms with Crippen molar-refractivity contribution in [1.82, 2.24) is 14.7 Å². The van der Waals surface area contributed by atoms with Crippen LogP contribution in [0.1, 0.15) is 18.3 Å².